The van der Waals surface area contributed by atoms with E-state index >= 15 is 0 Å². The molecule has 0 saturated carbocycles. The number of benzene rings is 2. The van der Waals surface area contributed by atoms with Crippen LogP contribution < -0.4 is 16.4 Å². The predicted octanol–water partition coefficient (Wildman–Crippen LogP) is 2.78. The fourth-order valence-electron chi connectivity index (χ4n) is 2.78. The van der Waals surface area contributed by atoms with E-state index in [0.717, 1.165) is 11.8 Å². The maximum Gasteiger partial charge on any atom is 0.255 e. The van der Waals surface area contributed by atoms with Gasteiger partial charge in [-0.3, -0.25) is 9.59 Å². The van der Waals surface area contributed by atoms with Crippen molar-refractivity contribution < 1.29 is 9.59 Å². The van der Waals surface area contributed by atoms with E-state index in [4.69, 9.17) is 11.1 Å². The van der Waals surface area contributed by atoms with E-state index in [1.165, 1.54) is 0 Å². The summed E-state index contributed by atoms with van der Waals surface area (Å²) in [5, 5.41) is 13.3. The molecule has 2 rings (SSSR count). The van der Waals surface area contributed by atoms with Crippen LogP contribution in [-0.4, -0.2) is 24.1 Å². The molecule has 2 amide bonds. The van der Waals surface area contributed by atoms with Gasteiger partial charge in [0.1, 0.15) is 0 Å². The molecular formula is C22H26N4O2. The second kappa shape index (κ2) is 10.1. The van der Waals surface area contributed by atoms with Gasteiger partial charge in [0.15, 0.2) is 0 Å². The summed E-state index contributed by atoms with van der Waals surface area (Å²) in [6.07, 6.45) is 1.03. The van der Waals surface area contributed by atoms with Gasteiger partial charge in [0.25, 0.3) is 5.91 Å². The van der Waals surface area contributed by atoms with Crippen LogP contribution in [0.2, 0.25) is 0 Å². The van der Waals surface area contributed by atoms with Crippen LogP contribution in [0.4, 0.5) is 0 Å². The first kappa shape index (κ1) is 20.9. The number of amides is 2. The van der Waals surface area contributed by atoms with E-state index in [0.29, 0.717) is 5.56 Å². The Morgan fingerprint density at radius 3 is 2.11 bits per heavy atom. The highest BCUT2D eigenvalue weighted by Gasteiger charge is 2.21. The summed E-state index contributed by atoms with van der Waals surface area (Å²) in [6.45, 7) is 3.76. The molecule has 0 heterocycles. The number of nitrogens with one attached hydrogen (secondary N) is 3. The van der Waals surface area contributed by atoms with Crippen LogP contribution in [0.3, 0.4) is 0 Å². The minimum Gasteiger partial charge on any atom is -0.398 e. The lowest BCUT2D eigenvalue weighted by atomic mass is 10.0. The van der Waals surface area contributed by atoms with Gasteiger partial charge in [0.2, 0.25) is 5.91 Å². The number of nitrogens with two attached hydrogens (primary N) is 1. The highest BCUT2D eigenvalue weighted by molar-refractivity contribution is 6.17. The zero-order valence-electron chi connectivity index (χ0n) is 16.1. The number of carbonyl (C=O) groups is 2. The molecule has 0 fully saturated rings. The SMILES string of the molecule is CC(C)NC(=O)C[C@H](NC(=O)/C(C=N)=C(/N)c1ccccc1)c1ccccc1. The fourth-order valence-corrected chi connectivity index (χ4v) is 2.78. The quantitative estimate of drug-likeness (QED) is 0.419. The van der Waals surface area contributed by atoms with Gasteiger partial charge in [-0.05, 0) is 25.0 Å². The summed E-state index contributed by atoms with van der Waals surface area (Å²) in [4.78, 5) is 25.1. The lowest BCUT2D eigenvalue weighted by Crippen LogP contribution is -2.37. The molecule has 0 aliphatic rings. The Balaban J connectivity index is 2.28. The lowest BCUT2D eigenvalue weighted by molar-refractivity contribution is -0.122. The van der Waals surface area contributed by atoms with Crippen LogP contribution in [-0.2, 0) is 9.59 Å². The van der Waals surface area contributed by atoms with Gasteiger partial charge < -0.3 is 21.8 Å². The van der Waals surface area contributed by atoms with Gasteiger partial charge in [-0.15, -0.1) is 0 Å². The minimum absolute atomic E-state index is 0.00498. The van der Waals surface area contributed by atoms with Crippen molar-refractivity contribution in [3.05, 3.63) is 77.4 Å². The van der Waals surface area contributed by atoms with Gasteiger partial charge >= 0.3 is 0 Å². The molecule has 0 aliphatic heterocycles. The van der Waals surface area contributed by atoms with Crippen LogP contribution in [0.5, 0.6) is 0 Å². The molecule has 0 aromatic heterocycles. The largest absolute Gasteiger partial charge is 0.398 e. The molecule has 0 spiro atoms. The van der Waals surface area contributed by atoms with Gasteiger partial charge in [-0.25, -0.2) is 0 Å². The molecule has 5 N–H and O–H groups in total. The maximum absolute atomic E-state index is 12.8. The van der Waals surface area contributed by atoms with Crippen molar-refractivity contribution in [2.45, 2.75) is 32.4 Å². The fraction of sp³-hybridized carbons (Fsp3) is 0.227. The zero-order valence-corrected chi connectivity index (χ0v) is 16.1. The Morgan fingerprint density at radius 2 is 1.57 bits per heavy atom. The summed E-state index contributed by atoms with van der Waals surface area (Å²) < 4.78 is 0. The molecule has 0 unspecified atom stereocenters. The van der Waals surface area contributed by atoms with Crippen LogP contribution in [0, 0.1) is 5.41 Å². The average molecular weight is 378 g/mol. The van der Waals surface area contributed by atoms with Gasteiger partial charge in [0, 0.05) is 12.3 Å². The highest BCUT2D eigenvalue weighted by Crippen LogP contribution is 2.19. The molecule has 28 heavy (non-hydrogen) atoms. The summed E-state index contributed by atoms with van der Waals surface area (Å²) in [5.74, 6) is -0.664. The molecule has 0 aliphatic carbocycles. The van der Waals surface area contributed by atoms with Crippen molar-refractivity contribution in [3.8, 4) is 0 Å². The monoisotopic (exact) mass is 378 g/mol. The van der Waals surface area contributed by atoms with Crippen molar-refractivity contribution in [1.29, 1.82) is 5.41 Å². The molecule has 0 bridgehead atoms. The van der Waals surface area contributed by atoms with Crippen LogP contribution in [0.1, 0.15) is 37.4 Å². The zero-order chi connectivity index (χ0) is 20.5. The van der Waals surface area contributed by atoms with Gasteiger partial charge in [-0.2, -0.15) is 0 Å². The van der Waals surface area contributed by atoms with Crippen molar-refractivity contribution in [3.63, 3.8) is 0 Å². The van der Waals surface area contributed by atoms with Crippen molar-refractivity contribution in [1.82, 2.24) is 10.6 Å². The second-order valence-corrected chi connectivity index (χ2v) is 6.70. The average Bonchev–Trinajstić information content (AvgIpc) is 2.68. The van der Waals surface area contributed by atoms with E-state index < -0.39 is 11.9 Å². The number of rotatable bonds is 8. The smallest absolute Gasteiger partial charge is 0.255 e. The van der Waals surface area contributed by atoms with Gasteiger partial charge in [-0.1, -0.05) is 60.7 Å². The van der Waals surface area contributed by atoms with Crippen LogP contribution in [0.25, 0.3) is 5.70 Å². The third-order valence-electron chi connectivity index (χ3n) is 4.11. The molecule has 0 radical (unpaired) electrons. The molecule has 2 aromatic carbocycles. The first-order valence-electron chi connectivity index (χ1n) is 9.13. The number of hydrogen-bond acceptors (Lipinski definition) is 4. The Hall–Kier alpha value is -3.41. The molecule has 2 aromatic rings. The molecule has 6 heteroatoms. The van der Waals surface area contributed by atoms with E-state index in [-0.39, 0.29) is 29.6 Å². The Labute approximate surface area is 165 Å². The first-order chi connectivity index (χ1) is 13.4. The van der Waals surface area contributed by atoms with E-state index in [9.17, 15) is 9.59 Å². The maximum atomic E-state index is 12.8. The van der Waals surface area contributed by atoms with Crippen molar-refractivity contribution >= 4 is 23.7 Å². The van der Waals surface area contributed by atoms with Gasteiger partial charge in [0.05, 0.1) is 23.7 Å². The first-order valence-corrected chi connectivity index (χ1v) is 9.13. The molecule has 146 valence electrons. The van der Waals surface area contributed by atoms with E-state index in [2.05, 4.69) is 10.6 Å². The third-order valence-corrected chi connectivity index (χ3v) is 4.11. The molecule has 1 atom stereocenters. The molecule has 0 saturated heterocycles. The normalized spacial score (nSPS) is 12.7. The Morgan fingerprint density at radius 1 is 1.00 bits per heavy atom. The summed E-state index contributed by atoms with van der Waals surface area (Å²) >= 11 is 0. The summed E-state index contributed by atoms with van der Waals surface area (Å²) in [7, 11) is 0. The van der Waals surface area contributed by atoms with E-state index in [1.807, 2.05) is 62.4 Å². The predicted molar refractivity (Wildman–Crippen MR) is 112 cm³/mol. The lowest BCUT2D eigenvalue weighted by Gasteiger charge is -2.20. The standard InChI is InChI=1S/C22H26N4O2/c1-15(2)25-20(27)13-19(16-9-5-3-6-10-16)26-22(28)18(14-23)21(24)17-11-7-4-8-12-17/h3-12,14-15,19,23H,13,24H2,1-2H3,(H,25,27)(H,26,28)/b21-18+,23-14?/t19-/m0/s1. The topological polar surface area (TPSA) is 108 Å². The minimum atomic E-state index is -0.536. The Kier molecular flexibility index (Phi) is 7.51. The number of carbonyl (C=O) groups excluding carboxylic acids is 2. The summed E-state index contributed by atoms with van der Waals surface area (Å²) in [5.41, 5.74) is 7.85. The third kappa shape index (κ3) is 5.81. The highest BCUT2D eigenvalue weighted by atomic mass is 16.2. The summed E-state index contributed by atoms with van der Waals surface area (Å²) in [6, 6.07) is 17.7. The number of hydrogen-bond donors (Lipinski definition) is 4. The molecular weight excluding hydrogens is 352 g/mol. The molecule has 6 nitrogen and oxygen atoms in total. The van der Waals surface area contributed by atoms with Crippen LogP contribution >= 0.6 is 0 Å². The van der Waals surface area contributed by atoms with Crippen molar-refractivity contribution in [2.24, 2.45) is 5.73 Å². The van der Waals surface area contributed by atoms with Crippen molar-refractivity contribution in [2.75, 3.05) is 0 Å². The Bertz CT molecular complexity index is 845. The second-order valence-electron chi connectivity index (χ2n) is 6.70. The van der Waals surface area contributed by atoms with Crippen LogP contribution in [0.15, 0.2) is 66.2 Å². The van der Waals surface area contributed by atoms with E-state index in [1.54, 1.807) is 12.1 Å².